The smallest absolute Gasteiger partial charge is 0.254 e. The number of carbonyl (C=O) groups is 1. The number of rotatable bonds is 6. The van der Waals surface area contributed by atoms with Crippen molar-refractivity contribution in [2.24, 2.45) is 0 Å². The molecule has 1 aromatic carbocycles. The molecule has 4 heterocycles. The van der Waals surface area contributed by atoms with Gasteiger partial charge in [-0.25, -0.2) is 15.0 Å². The normalized spacial score (nSPS) is 20.3. The monoisotopic (exact) mass is 419 g/mol. The first-order chi connectivity index (χ1) is 15.1. The zero-order valence-electron chi connectivity index (χ0n) is 18.1. The number of likely N-dealkylation sites (tertiary alicyclic amines) is 1. The van der Waals surface area contributed by atoms with Crippen LogP contribution in [0.15, 0.2) is 30.9 Å². The van der Waals surface area contributed by atoms with Crippen LogP contribution in [-0.4, -0.2) is 73.9 Å². The van der Waals surface area contributed by atoms with Gasteiger partial charge >= 0.3 is 0 Å². The van der Waals surface area contributed by atoms with Gasteiger partial charge in [0.1, 0.15) is 11.8 Å². The van der Waals surface area contributed by atoms with Gasteiger partial charge in [-0.2, -0.15) is 0 Å². The quantitative estimate of drug-likeness (QED) is 0.638. The van der Waals surface area contributed by atoms with Crippen LogP contribution in [0.25, 0.3) is 11.2 Å². The van der Waals surface area contributed by atoms with Gasteiger partial charge in [0, 0.05) is 24.7 Å². The summed E-state index contributed by atoms with van der Waals surface area (Å²) in [7, 11) is 0. The maximum atomic E-state index is 13.6. The molecule has 2 aliphatic rings. The van der Waals surface area contributed by atoms with Crippen molar-refractivity contribution in [2.75, 3.05) is 31.5 Å². The molecular formula is C23H29N7O. The van der Waals surface area contributed by atoms with Crippen molar-refractivity contribution in [3.05, 3.63) is 47.5 Å². The summed E-state index contributed by atoms with van der Waals surface area (Å²) in [6.45, 7) is 8.10. The number of hydrogen-bond donors (Lipinski definition) is 2. The fourth-order valence-electron chi connectivity index (χ4n) is 4.99. The Balaban J connectivity index is 1.43. The molecule has 162 valence electrons. The Morgan fingerprint density at radius 1 is 1.19 bits per heavy atom. The van der Waals surface area contributed by atoms with Gasteiger partial charge in [-0.15, -0.1) is 0 Å². The topological polar surface area (TPSA) is 90.0 Å². The van der Waals surface area contributed by atoms with Crippen LogP contribution < -0.4 is 5.32 Å². The second kappa shape index (κ2) is 8.26. The minimum absolute atomic E-state index is 0.0117. The number of H-pyrrole nitrogens is 1. The third-order valence-corrected chi connectivity index (χ3v) is 6.68. The molecule has 0 saturated carbocycles. The highest BCUT2D eigenvalue weighted by atomic mass is 16.2. The van der Waals surface area contributed by atoms with Gasteiger partial charge in [-0.3, -0.25) is 4.79 Å². The molecule has 2 aromatic heterocycles. The fraction of sp³-hybridized carbons (Fsp3) is 0.478. The van der Waals surface area contributed by atoms with Gasteiger partial charge in [-0.1, -0.05) is 18.2 Å². The predicted molar refractivity (Wildman–Crippen MR) is 120 cm³/mol. The summed E-state index contributed by atoms with van der Waals surface area (Å²) in [5.74, 6) is 0.864. The number of carbonyl (C=O) groups excluding carboxylic acids is 1. The van der Waals surface area contributed by atoms with Crippen LogP contribution in [0.5, 0.6) is 0 Å². The fourth-order valence-corrected chi connectivity index (χ4v) is 4.99. The second-order valence-electron chi connectivity index (χ2n) is 8.68. The average molecular weight is 420 g/mol. The molecule has 8 nitrogen and oxygen atoms in total. The van der Waals surface area contributed by atoms with Crippen LogP contribution in [0.1, 0.15) is 41.3 Å². The van der Waals surface area contributed by atoms with Gasteiger partial charge in [0.2, 0.25) is 0 Å². The number of hydrogen-bond acceptors (Lipinski definition) is 6. The summed E-state index contributed by atoms with van der Waals surface area (Å²) in [6, 6.07) is 6.23. The van der Waals surface area contributed by atoms with E-state index in [1.54, 1.807) is 6.33 Å². The summed E-state index contributed by atoms with van der Waals surface area (Å²) in [4.78, 5) is 34.1. The highest BCUT2D eigenvalue weighted by Gasteiger charge is 2.36. The number of nitrogens with one attached hydrogen (secondary N) is 2. The van der Waals surface area contributed by atoms with E-state index in [0.29, 0.717) is 5.65 Å². The predicted octanol–water partition coefficient (Wildman–Crippen LogP) is 2.62. The minimum Gasteiger partial charge on any atom is -0.364 e. The van der Waals surface area contributed by atoms with E-state index < -0.39 is 0 Å². The van der Waals surface area contributed by atoms with E-state index in [0.717, 1.165) is 60.6 Å². The van der Waals surface area contributed by atoms with Crippen molar-refractivity contribution in [1.29, 1.82) is 0 Å². The molecule has 2 unspecified atom stereocenters. The Kier molecular flexibility index (Phi) is 5.31. The summed E-state index contributed by atoms with van der Waals surface area (Å²) < 4.78 is 0. The Bertz CT molecular complexity index is 1090. The number of amides is 1. The lowest BCUT2D eigenvalue weighted by molar-refractivity contribution is 0.0610. The number of anilines is 1. The van der Waals surface area contributed by atoms with E-state index in [1.165, 1.54) is 19.2 Å². The molecular weight excluding hydrogens is 390 g/mol. The lowest BCUT2D eigenvalue weighted by Gasteiger charge is -2.41. The first-order valence-corrected chi connectivity index (χ1v) is 11.1. The van der Waals surface area contributed by atoms with Crippen LogP contribution in [-0.2, 0) is 6.42 Å². The number of imidazole rings is 1. The Morgan fingerprint density at radius 3 is 2.87 bits per heavy atom. The van der Waals surface area contributed by atoms with E-state index in [1.807, 2.05) is 13.0 Å². The highest BCUT2D eigenvalue weighted by molar-refractivity contribution is 5.98. The van der Waals surface area contributed by atoms with E-state index in [2.05, 4.69) is 54.1 Å². The third-order valence-electron chi connectivity index (χ3n) is 6.68. The van der Waals surface area contributed by atoms with Crippen LogP contribution in [0.3, 0.4) is 0 Å². The van der Waals surface area contributed by atoms with Gasteiger partial charge in [-0.05, 0) is 57.3 Å². The van der Waals surface area contributed by atoms with E-state index >= 15 is 0 Å². The molecule has 0 bridgehead atoms. The van der Waals surface area contributed by atoms with Gasteiger partial charge in [0.25, 0.3) is 5.91 Å². The van der Waals surface area contributed by atoms with Crippen molar-refractivity contribution >= 4 is 22.9 Å². The van der Waals surface area contributed by atoms with Crippen molar-refractivity contribution in [1.82, 2.24) is 29.7 Å². The van der Waals surface area contributed by atoms with Crippen molar-refractivity contribution in [3.63, 3.8) is 0 Å². The largest absolute Gasteiger partial charge is 0.364 e. The summed E-state index contributed by atoms with van der Waals surface area (Å²) in [6.07, 6.45) is 6.49. The van der Waals surface area contributed by atoms with Crippen molar-refractivity contribution in [3.8, 4) is 0 Å². The summed E-state index contributed by atoms with van der Waals surface area (Å²) in [5.41, 5.74) is 4.50. The standard InChI is InChI=1S/C23H29N7O/c1-15-6-5-7-17-12-18(16(2)28-22-20-21(25-13-24-20)26-14-27-22)30(23(31)19(15)17)11-10-29-8-3-4-9-29/h5-7,13-14,16,18H,3-4,8-12H2,1-2H3,(H2,24,25,26,27,28). The Labute approximate surface area is 182 Å². The van der Waals surface area contributed by atoms with Crippen LogP contribution in [0.4, 0.5) is 5.82 Å². The molecule has 31 heavy (non-hydrogen) atoms. The number of benzene rings is 1. The SMILES string of the molecule is Cc1cccc2c1C(=O)N(CCN1CCCC1)C(C(C)Nc1ncnc3nc[nH]c13)C2. The molecule has 5 rings (SSSR count). The Hall–Kier alpha value is -3.00. The number of aromatic amines is 1. The zero-order chi connectivity index (χ0) is 21.4. The Morgan fingerprint density at radius 2 is 2.03 bits per heavy atom. The third kappa shape index (κ3) is 3.76. The molecule has 0 radical (unpaired) electrons. The molecule has 0 aliphatic carbocycles. The maximum absolute atomic E-state index is 13.6. The number of fused-ring (bicyclic) bond motifs is 2. The van der Waals surface area contributed by atoms with E-state index in [4.69, 9.17) is 0 Å². The lowest BCUT2D eigenvalue weighted by Crippen LogP contribution is -2.54. The molecule has 1 saturated heterocycles. The molecule has 2 atom stereocenters. The average Bonchev–Trinajstić information content (AvgIpc) is 3.45. The number of nitrogens with zero attached hydrogens (tertiary/aromatic N) is 5. The molecule has 3 aromatic rings. The first-order valence-electron chi connectivity index (χ1n) is 11.1. The molecule has 8 heteroatoms. The minimum atomic E-state index is 0.0117. The summed E-state index contributed by atoms with van der Waals surface area (Å²) >= 11 is 0. The molecule has 0 spiro atoms. The summed E-state index contributed by atoms with van der Waals surface area (Å²) in [5, 5.41) is 3.53. The molecule has 2 N–H and O–H groups in total. The molecule has 1 fully saturated rings. The molecule has 2 aliphatic heterocycles. The molecule has 1 amide bonds. The highest BCUT2D eigenvalue weighted by Crippen LogP contribution is 2.29. The van der Waals surface area contributed by atoms with E-state index in [9.17, 15) is 4.79 Å². The lowest BCUT2D eigenvalue weighted by atomic mass is 9.87. The number of aromatic nitrogens is 4. The maximum Gasteiger partial charge on any atom is 0.254 e. The van der Waals surface area contributed by atoms with Crippen molar-refractivity contribution < 1.29 is 4.79 Å². The van der Waals surface area contributed by atoms with Crippen LogP contribution >= 0.6 is 0 Å². The second-order valence-corrected chi connectivity index (χ2v) is 8.68. The zero-order valence-corrected chi connectivity index (χ0v) is 18.1. The number of aryl methyl sites for hydroxylation is 1. The van der Waals surface area contributed by atoms with Gasteiger partial charge < -0.3 is 20.1 Å². The van der Waals surface area contributed by atoms with Crippen LogP contribution in [0, 0.1) is 6.92 Å². The first kappa shape index (κ1) is 19.9. The van der Waals surface area contributed by atoms with E-state index in [-0.39, 0.29) is 18.0 Å². The van der Waals surface area contributed by atoms with Gasteiger partial charge in [0.15, 0.2) is 11.5 Å². The van der Waals surface area contributed by atoms with Crippen LogP contribution in [0.2, 0.25) is 0 Å². The van der Waals surface area contributed by atoms with Gasteiger partial charge in [0.05, 0.1) is 12.4 Å². The van der Waals surface area contributed by atoms with Crippen molar-refractivity contribution in [2.45, 2.75) is 45.2 Å².